The molecule has 0 aromatic heterocycles. The topological polar surface area (TPSA) is 12.4 Å². The van der Waals surface area contributed by atoms with Gasteiger partial charge in [-0.25, -0.2) is 0 Å². The molecule has 0 bridgehead atoms. The van der Waals surface area contributed by atoms with E-state index in [9.17, 15) is 0 Å². The third kappa shape index (κ3) is 11.2. The van der Waals surface area contributed by atoms with Gasteiger partial charge in [0.2, 0.25) is 0 Å². The van der Waals surface area contributed by atoms with Gasteiger partial charge in [0.05, 0.1) is 32.9 Å². The van der Waals surface area contributed by atoms with E-state index in [0.29, 0.717) is 32.5 Å². The molecule has 4 heteroatoms. The molecule has 0 spiro atoms. The van der Waals surface area contributed by atoms with Crippen LogP contribution in [0.2, 0.25) is 0 Å². The Kier molecular flexibility index (Phi) is 13.4. The van der Waals surface area contributed by atoms with Gasteiger partial charge in [-0.3, -0.25) is 0 Å². The molecule has 0 radical (unpaired) electrons. The van der Waals surface area contributed by atoms with Crippen molar-refractivity contribution >= 4 is 21.5 Å². The predicted molar refractivity (Wildman–Crippen MR) is 162 cm³/mol. The SMILES string of the molecule is CC(C)(C)[PH+](CC[PH+](C(C)(C)C)C(C)(C)C)C(C)(C)C.CC(C)c1cccc(C(C)C)c1[N]=[Ni]. The van der Waals surface area contributed by atoms with Crippen LogP contribution in [0.15, 0.2) is 22.2 Å². The number of hydrogen-bond donors (Lipinski definition) is 0. The molecule has 0 aliphatic heterocycles. The minimum absolute atomic E-state index is 0.364. The molecule has 0 N–H and O–H groups in total. The molecule has 0 aliphatic rings. The molecule has 0 heterocycles. The quantitative estimate of drug-likeness (QED) is 0.245. The fourth-order valence-electron chi connectivity index (χ4n) is 5.59. The molecule has 0 atom stereocenters. The molecule has 0 unspecified atom stereocenters. The van der Waals surface area contributed by atoms with Crippen LogP contribution < -0.4 is 0 Å². The average molecular weight is 554 g/mol. The first-order valence-corrected chi connectivity index (χ1v) is 17.1. The number of rotatable bonds is 6. The van der Waals surface area contributed by atoms with E-state index in [4.69, 9.17) is 0 Å². The molecule has 202 valence electrons. The van der Waals surface area contributed by atoms with Crippen molar-refractivity contribution in [3.8, 4) is 0 Å². The standard InChI is InChI=1S/C18H40P2.C12H17N.Ni/c1-15(2,3)19(16(4,5)6)13-14-20(17(7,8)9)18(10,11)12;1-8(2)10-6-5-7-11(9(3)4)12(10)13;/h13-14H2,1-12H3;5-9H,1-4H3;/p+2. The Morgan fingerprint density at radius 2 is 0.882 bits per heavy atom. The Morgan fingerprint density at radius 3 is 1.06 bits per heavy atom. The van der Waals surface area contributed by atoms with E-state index in [1.54, 1.807) is 0 Å². The zero-order chi connectivity index (χ0) is 27.3. The first-order valence-electron chi connectivity index (χ1n) is 13.2. The first kappa shape index (κ1) is 34.4. The summed E-state index contributed by atoms with van der Waals surface area (Å²) in [5.74, 6) is 0.977. The van der Waals surface area contributed by atoms with E-state index in [2.05, 4.69) is 148 Å². The van der Waals surface area contributed by atoms with Gasteiger partial charge >= 0.3 is 93.8 Å². The summed E-state index contributed by atoms with van der Waals surface area (Å²) in [7, 11) is -0.729. The molecule has 34 heavy (non-hydrogen) atoms. The second kappa shape index (κ2) is 13.3. The van der Waals surface area contributed by atoms with Crippen LogP contribution in [0.4, 0.5) is 5.69 Å². The van der Waals surface area contributed by atoms with E-state index >= 15 is 0 Å². The van der Waals surface area contributed by atoms with Crippen molar-refractivity contribution in [2.24, 2.45) is 4.03 Å². The van der Waals surface area contributed by atoms with Crippen LogP contribution in [-0.2, 0) is 15.3 Å². The van der Waals surface area contributed by atoms with Crippen LogP contribution in [0.25, 0.3) is 0 Å². The van der Waals surface area contributed by atoms with Gasteiger partial charge in [0, 0.05) is 15.8 Å². The summed E-state index contributed by atoms with van der Waals surface area (Å²) >= 11 is 4.56. The Morgan fingerprint density at radius 1 is 0.618 bits per heavy atom. The van der Waals surface area contributed by atoms with E-state index in [-0.39, 0.29) is 15.8 Å². The van der Waals surface area contributed by atoms with E-state index in [1.807, 2.05) is 0 Å². The first-order chi connectivity index (χ1) is 15.0. The zero-order valence-corrected chi connectivity index (χ0v) is 28.6. The fourth-order valence-corrected chi connectivity index (χ4v) is 15.3. The van der Waals surface area contributed by atoms with Gasteiger partial charge in [-0.05, 0) is 83.1 Å². The van der Waals surface area contributed by atoms with Crippen LogP contribution in [-0.4, -0.2) is 32.9 Å². The molecule has 1 rings (SSSR count). The Bertz CT molecular complexity index is 670. The Balaban J connectivity index is 0.000000679. The van der Waals surface area contributed by atoms with Crippen LogP contribution >= 0.6 is 15.8 Å². The van der Waals surface area contributed by atoms with Crippen molar-refractivity contribution < 1.29 is 15.3 Å². The van der Waals surface area contributed by atoms with E-state index in [0.717, 1.165) is 5.69 Å². The Hall–Kier alpha value is 0.374. The molecule has 1 aromatic rings. The van der Waals surface area contributed by atoms with E-state index in [1.165, 1.54) is 23.5 Å². The third-order valence-corrected chi connectivity index (χ3v) is 16.1. The summed E-state index contributed by atoms with van der Waals surface area (Å²) in [4.78, 5) is 0. The summed E-state index contributed by atoms with van der Waals surface area (Å²) in [5, 5.41) is 2.02. The summed E-state index contributed by atoms with van der Waals surface area (Å²) in [5.41, 5.74) is 3.56. The molecule has 0 amide bonds. The summed E-state index contributed by atoms with van der Waals surface area (Å²) in [6.07, 6.45) is 2.97. The molecule has 1 nitrogen and oxygen atoms in total. The predicted octanol–water partition coefficient (Wildman–Crippen LogP) is 10.9. The molecule has 1 aromatic carbocycles. The Labute approximate surface area is 225 Å². The van der Waals surface area contributed by atoms with Crippen LogP contribution in [0.5, 0.6) is 0 Å². The third-order valence-electron chi connectivity index (χ3n) is 6.66. The van der Waals surface area contributed by atoms with Crippen LogP contribution in [0.3, 0.4) is 0 Å². The maximum absolute atomic E-state index is 4.56. The number of hydrogen-bond acceptors (Lipinski definition) is 1. The molecule has 0 aliphatic carbocycles. The number of nitrogens with zero attached hydrogens (tertiary/aromatic N) is 1. The maximum atomic E-state index is 4.56. The normalized spacial score (nSPS) is 13.6. The zero-order valence-electron chi connectivity index (χ0n) is 25.6. The van der Waals surface area contributed by atoms with Gasteiger partial charge in [-0.1, -0.05) is 0 Å². The van der Waals surface area contributed by atoms with Gasteiger partial charge in [0.1, 0.15) is 0 Å². The second-order valence-electron chi connectivity index (χ2n) is 14.6. The van der Waals surface area contributed by atoms with Crippen LogP contribution in [0.1, 0.15) is 134 Å². The summed E-state index contributed by atoms with van der Waals surface area (Å²) in [6.45, 7) is 38.3. The van der Waals surface area contributed by atoms with Crippen LogP contribution in [0, 0.1) is 0 Å². The molecular formula is C30H59NNiP2+2. The van der Waals surface area contributed by atoms with E-state index < -0.39 is 0 Å². The van der Waals surface area contributed by atoms with Gasteiger partial charge in [-0.15, -0.1) is 0 Å². The van der Waals surface area contributed by atoms with Crippen molar-refractivity contribution in [3.63, 3.8) is 0 Å². The second-order valence-corrected chi connectivity index (χ2v) is 23.8. The van der Waals surface area contributed by atoms with Gasteiger partial charge in [-0.2, -0.15) is 0 Å². The van der Waals surface area contributed by atoms with Gasteiger partial charge in [0.15, 0.2) is 0 Å². The van der Waals surface area contributed by atoms with Crippen molar-refractivity contribution in [1.29, 1.82) is 0 Å². The minimum atomic E-state index is -0.364. The monoisotopic (exact) mass is 553 g/mol. The van der Waals surface area contributed by atoms with Crippen molar-refractivity contribution in [1.82, 2.24) is 0 Å². The molecule has 0 fully saturated rings. The summed E-state index contributed by atoms with van der Waals surface area (Å²) in [6, 6.07) is 6.34. The molecule has 0 saturated carbocycles. The van der Waals surface area contributed by atoms with Crippen molar-refractivity contribution in [2.75, 3.05) is 12.3 Å². The summed E-state index contributed by atoms with van der Waals surface area (Å²) < 4.78 is 4.04. The number of benzene rings is 1. The van der Waals surface area contributed by atoms with Crippen molar-refractivity contribution in [2.45, 2.75) is 143 Å². The van der Waals surface area contributed by atoms with Gasteiger partial charge in [0.25, 0.3) is 0 Å². The molecular weight excluding hydrogens is 495 g/mol. The average Bonchev–Trinajstić information content (AvgIpc) is 2.60. The van der Waals surface area contributed by atoms with Gasteiger partial charge < -0.3 is 0 Å². The molecule has 0 saturated heterocycles. The van der Waals surface area contributed by atoms with Crippen molar-refractivity contribution in [3.05, 3.63) is 29.3 Å². The fraction of sp³-hybridized carbons (Fsp3) is 0.800.